The molecule has 0 aromatic heterocycles. The molecule has 0 unspecified atom stereocenters. The van der Waals surface area contributed by atoms with Crippen molar-refractivity contribution in [3.05, 3.63) is 64.4 Å². The first kappa shape index (κ1) is 20.7. The Morgan fingerprint density at radius 2 is 2.00 bits per heavy atom. The smallest absolute Gasteiger partial charge is 0.341 e. The van der Waals surface area contributed by atoms with Crippen LogP contribution in [0.3, 0.4) is 0 Å². The zero-order chi connectivity index (χ0) is 19.8. The van der Waals surface area contributed by atoms with Crippen molar-refractivity contribution >= 4 is 29.2 Å². The number of anilines is 1. The van der Waals surface area contributed by atoms with E-state index in [0.29, 0.717) is 13.1 Å². The van der Waals surface area contributed by atoms with Crippen LogP contribution < -0.4 is 10.2 Å². The van der Waals surface area contributed by atoms with E-state index in [0.717, 1.165) is 29.9 Å². The Hall–Kier alpha value is -2.60. The zero-order valence-corrected chi connectivity index (χ0v) is 16.1. The molecule has 1 N–H and O–H groups in total. The summed E-state index contributed by atoms with van der Waals surface area (Å²) in [5.41, 5.74) is 1.94. The predicted octanol–water partition coefficient (Wildman–Crippen LogP) is 3.59. The Balaban J connectivity index is 1.79. The van der Waals surface area contributed by atoms with Crippen molar-refractivity contribution < 1.29 is 18.7 Å². The van der Waals surface area contributed by atoms with Gasteiger partial charge in [-0.05, 0) is 49.7 Å². The normalized spacial score (nSPS) is 10.4. The molecule has 0 bridgehead atoms. The molecule has 0 spiro atoms. The van der Waals surface area contributed by atoms with Crippen LogP contribution in [-0.4, -0.2) is 38.1 Å². The molecule has 2 rings (SSSR count). The number of ether oxygens (including phenoxy) is 1. The number of nitrogens with one attached hydrogen (secondary N) is 1. The fourth-order valence-corrected chi connectivity index (χ4v) is 2.71. The lowest BCUT2D eigenvalue weighted by Crippen LogP contribution is -2.37. The highest BCUT2D eigenvalue weighted by molar-refractivity contribution is 6.30. The second-order valence-electron chi connectivity index (χ2n) is 5.97. The Morgan fingerprint density at radius 1 is 1.22 bits per heavy atom. The minimum absolute atomic E-state index is 0.212. The Morgan fingerprint density at radius 3 is 2.70 bits per heavy atom. The Bertz CT molecular complexity index is 814. The topological polar surface area (TPSA) is 58.6 Å². The molecule has 1 amide bonds. The van der Waals surface area contributed by atoms with Crippen molar-refractivity contribution in [3.8, 4) is 0 Å². The first-order valence-electron chi connectivity index (χ1n) is 8.61. The van der Waals surface area contributed by atoms with E-state index < -0.39 is 24.3 Å². The van der Waals surface area contributed by atoms with Crippen LogP contribution in [0.5, 0.6) is 0 Å². The number of amides is 1. The van der Waals surface area contributed by atoms with Crippen molar-refractivity contribution in [3.63, 3.8) is 0 Å². The summed E-state index contributed by atoms with van der Waals surface area (Å²) in [5.74, 6) is -2.13. The molecule has 0 atom stereocenters. The van der Waals surface area contributed by atoms with Crippen molar-refractivity contribution in [2.45, 2.75) is 13.8 Å². The summed E-state index contributed by atoms with van der Waals surface area (Å²) >= 11 is 5.74. The standard InChI is InChI=1S/C20H22ClFN2O3/c1-3-24(16-6-4-5-14(2)11-16)10-9-23-19(25)13-27-20(26)17-12-15(21)7-8-18(17)22/h4-8,11-12H,3,9-10,13H2,1-2H3,(H,23,25). The minimum Gasteiger partial charge on any atom is -0.452 e. The Labute approximate surface area is 163 Å². The zero-order valence-electron chi connectivity index (χ0n) is 15.3. The maximum atomic E-state index is 13.6. The number of esters is 1. The number of likely N-dealkylation sites (N-methyl/N-ethyl adjacent to an activating group) is 1. The van der Waals surface area contributed by atoms with Crippen LogP contribution in [0.2, 0.25) is 5.02 Å². The van der Waals surface area contributed by atoms with Gasteiger partial charge >= 0.3 is 5.97 Å². The third kappa shape index (κ3) is 6.25. The van der Waals surface area contributed by atoms with E-state index in [1.807, 2.05) is 32.0 Å². The second kappa shape index (κ2) is 9.92. The van der Waals surface area contributed by atoms with E-state index in [9.17, 15) is 14.0 Å². The van der Waals surface area contributed by atoms with Gasteiger partial charge in [0, 0.05) is 30.3 Å². The number of halogens is 2. The number of carbonyl (C=O) groups is 2. The van der Waals surface area contributed by atoms with Crippen LogP contribution in [0.4, 0.5) is 10.1 Å². The molecular formula is C20H22ClFN2O3. The third-order valence-corrected chi connectivity index (χ3v) is 4.17. The lowest BCUT2D eigenvalue weighted by atomic mass is 10.2. The molecule has 0 aliphatic heterocycles. The minimum atomic E-state index is -0.930. The molecule has 144 valence electrons. The van der Waals surface area contributed by atoms with Gasteiger partial charge < -0.3 is 15.0 Å². The molecule has 0 aliphatic rings. The highest BCUT2D eigenvalue weighted by Gasteiger charge is 2.15. The van der Waals surface area contributed by atoms with Gasteiger partial charge in [-0.1, -0.05) is 23.7 Å². The van der Waals surface area contributed by atoms with E-state index >= 15 is 0 Å². The molecule has 0 fully saturated rings. The first-order chi connectivity index (χ1) is 12.9. The maximum absolute atomic E-state index is 13.6. The molecule has 7 heteroatoms. The summed E-state index contributed by atoms with van der Waals surface area (Å²) in [4.78, 5) is 25.8. The van der Waals surface area contributed by atoms with Gasteiger partial charge in [0.1, 0.15) is 5.82 Å². The van der Waals surface area contributed by atoms with E-state index in [2.05, 4.69) is 16.3 Å². The van der Waals surface area contributed by atoms with Crippen LogP contribution in [-0.2, 0) is 9.53 Å². The number of aryl methyl sites for hydroxylation is 1. The molecule has 5 nitrogen and oxygen atoms in total. The predicted molar refractivity (Wildman–Crippen MR) is 104 cm³/mol. The van der Waals surface area contributed by atoms with Gasteiger partial charge in [-0.2, -0.15) is 0 Å². The van der Waals surface area contributed by atoms with Crippen LogP contribution in [0.15, 0.2) is 42.5 Å². The molecule has 27 heavy (non-hydrogen) atoms. The van der Waals surface area contributed by atoms with Gasteiger partial charge in [0.05, 0.1) is 5.56 Å². The highest BCUT2D eigenvalue weighted by Crippen LogP contribution is 2.16. The summed E-state index contributed by atoms with van der Waals surface area (Å²) in [5, 5.41) is 2.90. The van der Waals surface area contributed by atoms with Crippen LogP contribution in [0.25, 0.3) is 0 Å². The van der Waals surface area contributed by atoms with Gasteiger partial charge in [-0.25, -0.2) is 9.18 Å². The second-order valence-corrected chi connectivity index (χ2v) is 6.41. The van der Waals surface area contributed by atoms with Crippen molar-refractivity contribution in [2.75, 3.05) is 31.1 Å². The van der Waals surface area contributed by atoms with Gasteiger partial charge in [-0.15, -0.1) is 0 Å². The molecule has 2 aromatic rings. The van der Waals surface area contributed by atoms with Crippen LogP contribution in [0, 0.1) is 12.7 Å². The number of nitrogens with zero attached hydrogens (tertiary/aromatic N) is 1. The van der Waals surface area contributed by atoms with Crippen molar-refractivity contribution in [1.82, 2.24) is 5.32 Å². The molecule has 0 saturated carbocycles. The number of carbonyl (C=O) groups excluding carboxylic acids is 2. The molecule has 0 heterocycles. The fraction of sp³-hybridized carbons (Fsp3) is 0.300. The summed E-state index contributed by atoms with van der Waals surface area (Å²) < 4.78 is 18.4. The molecule has 0 saturated heterocycles. The summed E-state index contributed by atoms with van der Waals surface area (Å²) in [6.45, 7) is 5.37. The summed E-state index contributed by atoms with van der Waals surface area (Å²) in [7, 11) is 0. The van der Waals surface area contributed by atoms with Crippen molar-refractivity contribution in [2.24, 2.45) is 0 Å². The van der Waals surface area contributed by atoms with Gasteiger partial charge in [0.25, 0.3) is 5.91 Å². The largest absolute Gasteiger partial charge is 0.452 e. The highest BCUT2D eigenvalue weighted by atomic mass is 35.5. The van der Waals surface area contributed by atoms with Gasteiger partial charge in [0.2, 0.25) is 0 Å². The van der Waals surface area contributed by atoms with E-state index in [-0.39, 0.29) is 10.6 Å². The monoisotopic (exact) mass is 392 g/mol. The molecule has 2 aromatic carbocycles. The Kier molecular flexibility index (Phi) is 7.61. The quantitative estimate of drug-likeness (QED) is 0.697. The number of rotatable bonds is 8. The number of benzene rings is 2. The van der Waals surface area contributed by atoms with E-state index in [1.54, 1.807) is 0 Å². The van der Waals surface area contributed by atoms with Crippen LogP contribution >= 0.6 is 11.6 Å². The summed E-state index contributed by atoms with van der Waals surface area (Å²) in [6.07, 6.45) is 0. The average molecular weight is 393 g/mol. The van der Waals surface area contributed by atoms with Crippen molar-refractivity contribution in [1.29, 1.82) is 0 Å². The van der Waals surface area contributed by atoms with E-state index in [4.69, 9.17) is 16.3 Å². The average Bonchev–Trinajstić information content (AvgIpc) is 2.65. The van der Waals surface area contributed by atoms with Gasteiger partial charge in [0.15, 0.2) is 6.61 Å². The van der Waals surface area contributed by atoms with E-state index in [1.165, 1.54) is 6.07 Å². The lowest BCUT2D eigenvalue weighted by molar-refractivity contribution is -0.124. The van der Waals surface area contributed by atoms with Crippen LogP contribution in [0.1, 0.15) is 22.8 Å². The SMILES string of the molecule is CCN(CCNC(=O)COC(=O)c1cc(Cl)ccc1F)c1cccc(C)c1. The third-order valence-electron chi connectivity index (χ3n) is 3.94. The fourth-order valence-electron chi connectivity index (χ4n) is 2.54. The molecule has 0 radical (unpaired) electrons. The number of hydrogen-bond donors (Lipinski definition) is 1. The first-order valence-corrected chi connectivity index (χ1v) is 8.99. The molecular weight excluding hydrogens is 371 g/mol. The number of hydrogen-bond acceptors (Lipinski definition) is 4. The molecule has 0 aliphatic carbocycles. The van der Waals surface area contributed by atoms with Gasteiger partial charge in [-0.3, -0.25) is 4.79 Å². The maximum Gasteiger partial charge on any atom is 0.341 e. The summed E-state index contributed by atoms with van der Waals surface area (Å²) in [6, 6.07) is 11.7. The lowest BCUT2D eigenvalue weighted by Gasteiger charge is -2.23.